The molecule has 3 rings (SSSR count). The Kier molecular flexibility index (Phi) is 4.33. The van der Waals surface area contributed by atoms with Gasteiger partial charge in [-0.25, -0.2) is 8.78 Å². The number of benzene rings is 2. The van der Waals surface area contributed by atoms with E-state index in [0.717, 1.165) is 6.07 Å². The number of carbonyl (C=O) groups is 1. The summed E-state index contributed by atoms with van der Waals surface area (Å²) in [6.07, 6.45) is 0.0541. The lowest BCUT2D eigenvalue weighted by molar-refractivity contribution is -0.145. The lowest BCUT2D eigenvalue weighted by atomic mass is 9.85. The van der Waals surface area contributed by atoms with Crippen molar-refractivity contribution in [1.29, 1.82) is 0 Å². The minimum atomic E-state index is -0.879. The highest BCUT2D eigenvalue weighted by Crippen LogP contribution is 2.43. The van der Waals surface area contributed by atoms with Gasteiger partial charge in [-0.05, 0) is 48.8 Å². The number of methoxy groups -OCH3 is 1. The molecule has 130 valence electrons. The number of halogens is 2. The van der Waals surface area contributed by atoms with Crippen LogP contribution < -0.4 is 4.74 Å². The summed E-state index contributed by atoms with van der Waals surface area (Å²) in [5.41, 5.74) is 1.31. The molecule has 0 unspecified atom stereocenters. The van der Waals surface area contributed by atoms with E-state index >= 15 is 0 Å². The second-order valence-electron chi connectivity index (χ2n) is 6.37. The summed E-state index contributed by atoms with van der Waals surface area (Å²) in [6.45, 7) is 3.52. The molecule has 1 aliphatic heterocycles. The van der Waals surface area contributed by atoms with Crippen molar-refractivity contribution in [3.05, 3.63) is 70.8 Å². The Morgan fingerprint density at radius 3 is 2.32 bits per heavy atom. The van der Waals surface area contributed by atoms with Gasteiger partial charge in [-0.3, -0.25) is 4.79 Å². The maximum Gasteiger partial charge on any atom is 0.310 e. The van der Waals surface area contributed by atoms with Gasteiger partial charge in [-0.2, -0.15) is 0 Å². The molecule has 0 bridgehead atoms. The Labute approximate surface area is 144 Å². The van der Waals surface area contributed by atoms with E-state index in [-0.39, 0.29) is 12.4 Å². The van der Waals surface area contributed by atoms with Gasteiger partial charge in [-0.1, -0.05) is 18.2 Å². The quantitative estimate of drug-likeness (QED) is 0.769. The SMILES string of the molecule is COc1ccccc1C(=C1CC(=O)OC1(C)C)c1cc(F)cc(F)c1. The van der Waals surface area contributed by atoms with Crippen LogP contribution in [0.15, 0.2) is 48.0 Å². The normalized spacial score (nSPS) is 18.0. The predicted molar refractivity (Wildman–Crippen MR) is 90.2 cm³/mol. The van der Waals surface area contributed by atoms with Gasteiger partial charge in [0.15, 0.2) is 0 Å². The van der Waals surface area contributed by atoms with E-state index in [1.165, 1.54) is 19.2 Å². The third-order valence-corrected chi connectivity index (χ3v) is 4.25. The topological polar surface area (TPSA) is 35.5 Å². The van der Waals surface area contributed by atoms with Gasteiger partial charge in [0.05, 0.1) is 13.5 Å². The van der Waals surface area contributed by atoms with Gasteiger partial charge in [0.25, 0.3) is 0 Å². The molecule has 5 heteroatoms. The van der Waals surface area contributed by atoms with Crippen LogP contribution in [0.1, 0.15) is 31.4 Å². The zero-order valence-electron chi connectivity index (χ0n) is 14.2. The lowest BCUT2D eigenvalue weighted by Gasteiger charge is -2.23. The Hall–Kier alpha value is -2.69. The van der Waals surface area contributed by atoms with Crippen molar-refractivity contribution in [2.24, 2.45) is 0 Å². The van der Waals surface area contributed by atoms with Crippen LogP contribution in [-0.4, -0.2) is 18.7 Å². The van der Waals surface area contributed by atoms with E-state index in [9.17, 15) is 13.6 Å². The first-order valence-electron chi connectivity index (χ1n) is 7.87. The molecule has 0 N–H and O–H groups in total. The third kappa shape index (κ3) is 3.27. The van der Waals surface area contributed by atoms with Crippen LogP contribution in [0, 0.1) is 11.6 Å². The highest BCUT2D eigenvalue weighted by molar-refractivity contribution is 5.91. The molecule has 0 aliphatic carbocycles. The summed E-state index contributed by atoms with van der Waals surface area (Å²) in [5.74, 6) is -1.20. The number of ether oxygens (including phenoxy) is 2. The number of para-hydroxylation sites is 1. The highest BCUT2D eigenvalue weighted by atomic mass is 19.1. The molecule has 1 fully saturated rings. The number of cyclic esters (lactones) is 1. The second kappa shape index (κ2) is 6.31. The second-order valence-corrected chi connectivity index (χ2v) is 6.37. The fourth-order valence-electron chi connectivity index (χ4n) is 3.17. The van der Waals surface area contributed by atoms with E-state index in [1.807, 2.05) is 0 Å². The Morgan fingerprint density at radius 1 is 1.12 bits per heavy atom. The highest BCUT2D eigenvalue weighted by Gasteiger charge is 2.39. The number of rotatable bonds is 3. The minimum absolute atomic E-state index is 0.0541. The summed E-state index contributed by atoms with van der Waals surface area (Å²) in [5, 5.41) is 0. The monoisotopic (exact) mass is 344 g/mol. The standard InChI is InChI=1S/C20H18F2O3/c1-20(2)16(11-18(23)25-20)19(12-8-13(21)10-14(22)9-12)15-6-4-5-7-17(15)24-3/h4-10H,11H2,1-3H3. The molecule has 1 saturated heterocycles. The van der Waals surface area contributed by atoms with Gasteiger partial charge in [-0.15, -0.1) is 0 Å². The van der Waals surface area contributed by atoms with Crippen LogP contribution in [-0.2, 0) is 9.53 Å². The van der Waals surface area contributed by atoms with Crippen molar-refractivity contribution in [3.63, 3.8) is 0 Å². The largest absolute Gasteiger partial charge is 0.496 e. The van der Waals surface area contributed by atoms with Crippen LogP contribution in [0.3, 0.4) is 0 Å². The van der Waals surface area contributed by atoms with Gasteiger partial charge in [0.1, 0.15) is 23.0 Å². The van der Waals surface area contributed by atoms with Crippen molar-refractivity contribution in [2.45, 2.75) is 25.9 Å². The van der Waals surface area contributed by atoms with Crippen LogP contribution >= 0.6 is 0 Å². The summed E-state index contributed by atoms with van der Waals surface area (Å²) in [7, 11) is 1.52. The van der Waals surface area contributed by atoms with Crippen LogP contribution in [0.2, 0.25) is 0 Å². The third-order valence-electron chi connectivity index (χ3n) is 4.25. The fraction of sp³-hybridized carbons (Fsp3) is 0.250. The Balaban J connectivity index is 2.35. The van der Waals surface area contributed by atoms with Crippen LogP contribution in [0.4, 0.5) is 8.78 Å². The molecule has 1 aliphatic rings. The van der Waals surface area contributed by atoms with Crippen molar-refractivity contribution < 1.29 is 23.0 Å². The van der Waals surface area contributed by atoms with Crippen molar-refractivity contribution >= 4 is 11.5 Å². The molecule has 0 atom stereocenters. The molecule has 2 aromatic carbocycles. The molecule has 0 radical (unpaired) electrons. The summed E-state index contributed by atoms with van der Waals surface area (Å²) in [6, 6.07) is 10.5. The molecule has 0 spiro atoms. The predicted octanol–water partition coefficient (Wildman–Crippen LogP) is 4.50. The van der Waals surface area contributed by atoms with Crippen LogP contribution in [0.5, 0.6) is 5.75 Å². The molecule has 25 heavy (non-hydrogen) atoms. The number of carbonyl (C=O) groups excluding carboxylic acids is 1. The van der Waals surface area contributed by atoms with Gasteiger partial charge >= 0.3 is 5.97 Å². The maximum atomic E-state index is 13.9. The first-order chi connectivity index (χ1) is 11.8. The van der Waals surface area contributed by atoms with Crippen molar-refractivity contribution in [2.75, 3.05) is 7.11 Å². The first kappa shape index (κ1) is 17.1. The van der Waals surface area contributed by atoms with Crippen molar-refractivity contribution in [3.8, 4) is 5.75 Å². The smallest absolute Gasteiger partial charge is 0.310 e. The Morgan fingerprint density at radius 2 is 1.76 bits per heavy atom. The lowest BCUT2D eigenvalue weighted by Crippen LogP contribution is -2.22. The molecule has 3 nitrogen and oxygen atoms in total. The molecular formula is C20H18F2O3. The zero-order chi connectivity index (χ0) is 18.2. The van der Waals surface area contributed by atoms with E-state index < -0.39 is 17.2 Å². The molecule has 1 heterocycles. The fourth-order valence-corrected chi connectivity index (χ4v) is 3.17. The number of esters is 1. The van der Waals surface area contributed by atoms with Crippen molar-refractivity contribution in [1.82, 2.24) is 0 Å². The van der Waals surface area contributed by atoms with Crippen LogP contribution in [0.25, 0.3) is 5.57 Å². The molecule has 0 aromatic heterocycles. The summed E-state index contributed by atoms with van der Waals surface area (Å²) in [4.78, 5) is 11.9. The average Bonchev–Trinajstić information content (AvgIpc) is 2.80. The van der Waals surface area contributed by atoms with Gasteiger partial charge in [0.2, 0.25) is 0 Å². The first-order valence-corrected chi connectivity index (χ1v) is 7.87. The molecule has 0 amide bonds. The van der Waals surface area contributed by atoms with E-state index in [4.69, 9.17) is 9.47 Å². The number of hydrogen-bond donors (Lipinski definition) is 0. The van der Waals surface area contributed by atoms with E-state index in [2.05, 4.69) is 0 Å². The average molecular weight is 344 g/mol. The molecular weight excluding hydrogens is 326 g/mol. The molecule has 2 aromatic rings. The van der Waals surface area contributed by atoms with E-state index in [1.54, 1.807) is 38.1 Å². The Bertz CT molecular complexity index is 849. The van der Waals surface area contributed by atoms with Gasteiger partial charge < -0.3 is 9.47 Å². The van der Waals surface area contributed by atoms with E-state index in [0.29, 0.717) is 28.0 Å². The maximum absolute atomic E-state index is 13.9. The zero-order valence-corrected chi connectivity index (χ0v) is 14.2. The molecule has 0 saturated carbocycles. The summed E-state index contributed by atoms with van der Waals surface area (Å²) < 4.78 is 38.5. The van der Waals surface area contributed by atoms with Gasteiger partial charge in [0, 0.05) is 11.6 Å². The number of hydrogen-bond acceptors (Lipinski definition) is 3. The minimum Gasteiger partial charge on any atom is -0.496 e. The summed E-state index contributed by atoms with van der Waals surface area (Å²) >= 11 is 0.